The second-order valence-corrected chi connectivity index (χ2v) is 8.01. The Morgan fingerprint density at radius 2 is 2.11 bits per heavy atom. The van der Waals surface area contributed by atoms with Crippen molar-refractivity contribution in [1.82, 2.24) is 10.2 Å². The number of carbonyl (C=O) groups excluding carboxylic acids is 1. The van der Waals surface area contributed by atoms with Gasteiger partial charge in [-0.05, 0) is 63.8 Å². The lowest BCUT2D eigenvalue weighted by atomic mass is 9.88. The molecule has 0 aliphatic carbocycles. The standard InChI is InChI=1S/C21H32N2O4.ClH/c1-15(2)26-19-5-4-17(12-16(19)3)20(25)23-9-7-21(8-10-23)14-22-13-18(27-21)6-11-24;/h4-5,12,15,18,22,24H,6-11,13-14H2,1-3H3;1H. The number of nitrogens with zero attached hydrogens (tertiary/aromatic N) is 1. The zero-order valence-corrected chi connectivity index (χ0v) is 17.9. The molecule has 2 aliphatic rings. The first-order valence-electron chi connectivity index (χ1n) is 9.98. The molecule has 3 rings (SSSR count). The first kappa shape index (κ1) is 22.9. The molecule has 1 spiro atoms. The molecule has 1 unspecified atom stereocenters. The fourth-order valence-corrected chi connectivity index (χ4v) is 3.97. The van der Waals surface area contributed by atoms with Crippen molar-refractivity contribution in [2.75, 3.05) is 32.8 Å². The number of nitrogens with one attached hydrogen (secondary N) is 1. The predicted octanol–water partition coefficient (Wildman–Crippen LogP) is 2.55. The molecule has 1 amide bonds. The molecule has 1 aromatic carbocycles. The van der Waals surface area contributed by atoms with E-state index in [0.717, 1.165) is 37.2 Å². The Morgan fingerprint density at radius 3 is 2.71 bits per heavy atom. The number of carbonyl (C=O) groups is 1. The molecule has 2 saturated heterocycles. The molecule has 158 valence electrons. The normalized spacial score (nSPS) is 21.5. The largest absolute Gasteiger partial charge is 0.491 e. The highest BCUT2D eigenvalue weighted by atomic mass is 35.5. The van der Waals surface area contributed by atoms with Gasteiger partial charge in [0.15, 0.2) is 0 Å². The molecule has 0 saturated carbocycles. The smallest absolute Gasteiger partial charge is 0.253 e. The third-order valence-corrected chi connectivity index (χ3v) is 5.43. The SMILES string of the molecule is Cc1cc(C(=O)N2CCC3(CC2)CNCC(CCO)O3)ccc1OC(C)C.Cl. The highest BCUT2D eigenvalue weighted by molar-refractivity contribution is 5.94. The van der Waals surface area contributed by atoms with E-state index < -0.39 is 0 Å². The van der Waals surface area contributed by atoms with Crippen LogP contribution in [0.4, 0.5) is 0 Å². The third kappa shape index (κ3) is 5.38. The number of morpholine rings is 1. The molecule has 2 fully saturated rings. The number of hydrogen-bond acceptors (Lipinski definition) is 5. The van der Waals surface area contributed by atoms with E-state index in [1.807, 2.05) is 43.9 Å². The Balaban J connectivity index is 0.00000280. The number of aryl methyl sites for hydroxylation is 1. The lowest BCUT2D eigenvalue weighted by molar-refractivity contribution is -0.142. The van der Waals surface area contributed by atoms with E-state index in [0.29, 0.717) is 25.1 Å². The van der Waals surface area contributed by atoms with Crippen molar-refractivity contribution in [3.05, 3.63) is 29.3 Å². The monoisotopic (exact) mass is 412 g/mol. The number of aliphatic hydroxyl groups excluding tert-OH is 1. The van der Waals surface area contributed by atoms with Crippen LogP contribution in [0.15, 0.2) is 18.2 Å². The maximum absolute atomic E-state index is 12.9. The highest BCUT2D eigenvalue weighted by Gasteiger charge is 2.40. The van der Waals surface area contributed by atoms with Crippen LogP contribution in [-0.2, 0) is 4.74 Å². The van der Waals surface area contributed by atoms with Gasteiger partial charge < -0.3 is 24.8 Å². The van der Waals surface area contributed by atoms with Crippen molar-refractivity contribution in [1.29, 1.82) is 0 Å². The molecule has 2 heterocycles. The zero-order valence-electron chi connectivity index (χ0n) is 17.1. The van der Waals surface area contributed by atoms with Crippen molar-refractivity contribution >= 4 is 18.3 Å². The van der Waals surface area contributed by atoms with Crippen LogP contribution >= 0.6 is 12.4 Å². The summed E-state index contributed by atoms with van der Waals surface area (Å²) < 4.78 is 12.0. The van der Waals surface area contributed by atoms with Gasteiger partial charge in [-0.1, -0.05) is 0 Å². The molecule has 0 radical (unpaired) electrons. The Bertz CT molecular complexity index is 658. The van der Waals surface area contributed by atoms with Crippen LogP contribution in [0.2, 0.25) is 0 Å². The molecule has 6 nitrogen and oxygen atoms in total. The van der Waals surface area contributed by atoms with E-state index >= 15 is 0 Å². The van der Waals surface area contributed by atoms with E-state index in [1.54, 1.807) is 0 Å². The summed E-state index contributed by atoms with van der Waals surface area (Å²) in [6.07, 6.45) is 2.47. The minimum Gasteiger partial charge on any atom is -0.491 e. The van der Waals surface area contributed by atoms with Crippen LogP contribution < -0.4 is 10.1 Å². The maximum Gasteiger partial charge on any atom is 0.253 e. The van der Waals surface area contributed by atoms with Crippen molar-refractivity contribution in [2.45, 2.75) is 57.8 Å². The van der Waals surface area contributed by atoms with Gasteiger partial charge in [-0.2, -0.15) is 0 Å². The molecule has 1 aromatic rings. The van der Waals surface area contributed by atoms with E-state index in [1.165, 1.54) is 0 Å². The van der Waals surface area contributed by atoms with Crippen molar-refractivity contribution in [2.24, 2.45) is 0 Å². The maximum atomic E-state index is 12.9. The summed E-state index contributed by atoms with van der Waals surface area (Å²) in [7, 11) is 0. The summed E-state index contributed by atoms with van der Waals surface area (Å²) in [4.78, 5) is 14.8. The Morgan fingerprint density at radius 1 is 1.39 bits per heavy atom. The quantitative estimate of drug-likeness (QED) is 0.777. The summed E-state index contributed by atoms with van der Waals surface area (Å²) in [5, 5.41) is 12.6. The molecule has 0 bridgehead atoms. The number of ether oxygens (including phenoxy) is 2. The van der Waals surface area contributed by atoms with Crippen LogP contribution in [0.1, 0.15) is 49.0 Å². The molecule has 2 aliphatic heterocycles. The molecular weight excluding hydrogens is 380 g/mol. The first-order chi connectivity index (χ1) is 12.9. The summed E-state index contributed by atoms with van der Waals surface area (Å²) in [6, 6.07) is 5.66. The number of halogens is 1. The summed E-state index contributed by atoms with van der Waals surface area (Å²) in [5.74, 6) is 0.899. The lowest BCUT2D eigenvalue weighted by Gasteiger charge is -2.46. The van der Waals surface area contributed by atoms with Crippen LogP contribution in [0.5, 0.6) is 5.75 Å². The first-order valence-corrected chi connectivity index (χ1v) is 9.98. The number of aliphatic hydroxyl groups is 1. The lowest BCUT2D eigenvalue weighted by Crippen LogP contribution is -2.59. The van der Waals surface area contributed by atoms with Gasteiger partial charge in [0.1, 0.15) is 5.75 Å². The van der Waals surface area contributed by atoms with Crippen molar-refractivity contribution < 1.29 is 19.4 Å². The molecular formula is C21H33ClN2O4. The van der Waals surface area contributed by atoms with Gasteiger partial charge in [0.05, 0.1) is 17.8 Å². The minimum absolute atomic E-state index is 0. The average molecular weight is 413 g/mol. The van der Waals surface area contributed by atoms with E-state index in [2.05, 4.69) is 5.32 Å². The van der Waals surface area contributed by atoms with Crippen LogP contribution in [-0.4, -0.2) is 66.5 Å². The molecule has 28 heavy (non-hydrogen) atoms. The van der Waals surface area contributed by atoms with Gasteiger partial charge in [0.2, 0.25) is 0 Å². The van der Waals surface area contributed by atoms with Crippen LogP contribution in [0.3, 0.4) is 0 Å². The Kier molecular flexibility index (Phi) is 8.13. The number of piperidine rings is 1. The van der Waals surface area contributed by atoms with Gasteiger partial charge >= 0.3 is 0 Å². The zero-order chi connectivity index (χ0) is 19.4. The average Bonchev–Trinajstić information content (AvgIpc) is 2.64. The summed E-state index contributed by atoms with van der Waals surface area (Å²) >= 11 is 0. The summed E-state index contributed by atoms with van der Waals surface area (Å²) in [6.45, 7) is 9.09. The van der Waals surface area contributed by atoms with Gasteiger partial charge in [0.25, 0.3) is 5.91 Å². The third-order valence-electron chi connectivity index (χ3n) is 5.43. The molecule has 2 N–H and O–H groups in total. The van der Waals surface area contributed by atoms with Gasteiger partial charge in [-0.3, -0.25) is 4.79 Å². The minimum atomic E-state index is -0.209. The van der Waals surface area contributed by atoms with Crippen LogP contribution in [0.25, 0.3) is 0 Å². The predicted molar refractivity (Wildman–Crippen MR) is 112 cm³/mol. The van der Waals surface area contributed by atoms with Crippen LogP contribution in [0, 0.1) is 6.92 Å². The second-order valence-electron chi connectivity index (χ2n) is 8.01. The van der Waals surface area contributed by atoms with E-state index in [4.69, 9.17) is 14.6 Å². The molecule has 0 aromatic heterocycles. The van der Waals surface area contributed by atoms with Gasteiger partial charge in [-0.15, -0.1) is 12.4 Å². The van der Waals surface area contributed by atoms with Crippen molar-refractivity contribution in [3.8, 4) is 5.75 Å². The Labute approximate surface area is 174 Å². The van der Waals surface area contributed by atoms with Gasteiger partial charge in [-0.25, -0.2) is 0 Å². The van der Waals surface area contributed by atoms with Gasteiger partial charge in [0, 0.05) is 38.3 Å². The number of benzene rings is 1. The second kappa shape index (κ2) is 9.92. The Hall–Kier alpha value is -1.34. The van der Waals surface area contributed by atoms with Crippen molar-refractivity contribution in [3.63, 3.8) is 0 Å². The highest BCUT2D eigenvalue weighted by Crippen LogP contribution is 2.31. The summed E-state index contributed by atoms with van der Waals surface area (Å²) in [5.41, 5.74) is 1.48. The topological polar surface area (TPSA) is 71.0 Å². The number of rotatable bonds is 5. The number of likely N-dealkylation sites (tertiary alicyclic amines) is 1. The fraction of sp³-hybridized carbons (Fsp3) is 0.667. The molecule has 7 heteroatoms. The fourth-order valence-electron chi connectivity index (χ4n) is 3.97. The number of hydrogen-bond donors (Lipinski definition) is 2. The van der Waals surface area contributed by atoms with E-state index in [-0.39, 0.29) is 42.7 Å². The molecule has 1 atom stereocenters. The van der Waals surface area contributed by atoms with E-state index in [9.17, 15) is 4.79 Å². The number of amides is 1.